The minimum absolute atomic E-state index is 0.192. The second kappa shape index (κ2) is 6.50. The van der Waals surface area contributed by atoms with E-state index in [1.165, 1.54) is 7.11 Å². The quantitative estimate of drug-likeness (QED) is 0.861. The van der Waals surface area contributed by atoms with Crippen LogP contribution in [0.1, 0.15) is 17.2 Å². The van der Waals surface area contributed by atoms with Gasteiger partial charge in [-0.25, -0.2) is 4.79 Å². The van der Waals surface area contributed by atoms with Crippen molar-refractivity contribution >= 4 is 21.9 Å². The molecule has 0 aromatic heterocycles. The number of carbonyl (C=O) groups is 1. The van der Waals surface area contributed by atoms with E-state index in [1.807, 2.05) is 25.1 Å². The molecule has 1 unspecified atom stereocenters. The van der Waals surface area contributed by atoms with Gasteiger partial charge in [0.1, 0.15) is 6.04 Å². The molecule has 1 aromatic carbocycles. The van der Waals surface area contributed by atoms with E-state index >= 15 is 0 Å². The van der Waals surface area contributed by atoms with Gasteiger partial charge in [0.15, 0.2) is 0 Å². The topological polar surface area (TPSA) is 41.6 Å². The average Bonchev–Trinajstić information content (AvgIpc) is 2.44. The summed E-state index contributed by atoms with van der Waals surface area (Å²) < 4.78 is 5.98. The molecular weight excluding hydrogens is 308 g/mol. The highest BCUT2D eigenvalue weighted by Crippen LogP contribution is 2.28. The number of hydrogen-bond acceptors (Lipinski definition) is 4. The molecule has 5 heteroatoms. The monoisotopic (exact) mass is 326 g/mol. The van der Waals surface area contributed by atoms with Gasteiger partial charge in [0.05, 0.1) is 7.11 Å². The highest BCUT2D eigenvalue weighted by atomic mass is 79.9. The van der Waals surface area contributed by atoms with E-state index in [9.17, 15) is 4.79 Å². The molecule has 1 saturated heterocycles. The van der Waals surface area contributed by atoms with Crippen LogP contribution in [0.2, 0.25) is 0 Å². The number of halogens is 1. The first kappa shape index (κ1) is 14.5. The number of ether oxygens (including phenoxy) is 1. The van der Waals surface area contributed by atoms with Crippen molar-refractivity contribution in [3.8, 4) is 0 Å². The van der Waals surface area contributed by atoms with Gasteiger partial charge in [-0.15, -0.1) is 0 Å². The lowest BCUT2D eigenvalue weighted by Gasteiger charge is -2.34. The van der Waals surface area contributed by atoms with E-state index in [-0.39, 0.29) is 12.0 Å². The summed E-state index contributed by atoms with van der Waals surface area (Å²) in [5.74, 6) is -0.192. The zero-order chi connectivity index (χ0) is 13.8. The van der Waals surface area contributed by atoms with E-state index in [1.54, 1.807) is 0 Å². The first-order valence-electron chi connectivity index (χ1n) is 6.42. The number of benzene rings is 1. The largest absolute Gasteiger partial charge is 0.468 e. The van der Waals surface area contributed by atoms with Gasteiger partial charge in [0.2, 0.25) is 0 Å². The highest BCUT2D eigenvalue weighted by Gasteiger charge is 2.30. The summed E-state index contributed by atoms with van der Waals surface area (Å²) in [4.78, 5) is 14.4. The van der Waals surface area contributed by atoms with Crippen LogP contribution in [-0.2, 0) is 9.53 Å². The van der Waals surface area contributed by atoms with Crippen molar-refractivity contribution in [2.45, 2.75) is 13.0 Å². The van der Waals surface area contributed by atoms with Crippen molar-refractivity contribution in [3.05, 3.63) is 33.8 Å². The summed E-state index contributed by atoms with van der Waals surface area (Å²) in [6.45, 7) is 5.54. The summed E-state index contributed by atoms with van der Waals surface area (Å²) in [6, 6.07) is 5.71. The van der Waals surface area contributed by atoms with E-state index in [2.05, 4.69) is 26.1 Å². The predicted octanol–water partition coefficient (Wildman–Crippen LogP) is 1.88. The van der Waals surface area contributed by atoms with Gasteiger partial charge in [-0.3, -0.25) is 4.90 Å². The van der Waals surface area contributed by atoms with Crippen molar-refractivity contribution < 1.29 is 9.53 Å². The third-order valence-corrected chi connectivity index (χ3v) is 3.97. The molecule has 0 amide bonds. The Morgan fingerprint density at radius 2 is 2.11 bits per heavy atom. The van der Waals surface area contributed by atoms with Crippen LogP contribution in [0.15, 0.2) is 22.7 Å². The molecular formula is C14H19BrN2O2. The normalized spacial score (nSPS) is 18.1. The second-order valence-electron chi connectivity index (χ2n) is 4.71. The van der Waals surface area contributed by atoms with E-state index < -0.39 is 0 Å². The molecule has 0 radical (unpaired) electrons. The highest BCUT2D eigenvalue weighted by molar-refractivity contribution is 9.10. The Morgan fingerprint density at radius 1 is 1.42 bits per heavy atom. The van der Waals surface area contributed by atoms with Crippen molar-refractivity contribution in [2.75, 3.05) is 33.3 Å². The molecule has 19 heavy (non-hydrogen) atoms. The first-order valence-corrected chi connectivity index (χ1v) is 7.21. The summed E-state index contributed by atoms with van der Waals surface area (Å²) >= 11 is 3.48. The molecule has 0 bridgehead atoms. The second-order valence-corrected chi connectivity index (χ2v) is 5.63. The fraction of sp³-hybridized carbons (Fsp3) is 0.500. The minimum atomic E-state index is -0.315. The van der Waals surface area contributed by atoms with Crippen molar-refractivity contribution in [3.63, 3.8) is 0 Å². The Bertz CT molecular complexity index is 459. The SMILES string of the molecule is COC(=O)C(c1cc(Br)ccc1C)N1CCNCC1. The maximum absolute atomic E-state index is 12.2. The van der Waals surface area contributed by atoms with Gasteiger partial charge >= 0.3 is 5.97 Å². The molecule has 1 aromatic rings. The third kappa shape index (κ3) is 3.35. The molecule has 104 valence electrons. The summed E-state index contributed by atoms with van der Waals surface area (Å²) in [6.07, 6.45) is 0. The van der Waals surface area contributed by atoms with Crippen molar-refractivity contribution in [1.82, 2.24) is 10.2 Å². The summed E-state index contributed by atoms with van der Waals surface area (Å²) in [7, 11) is 1.45. The Kier molecular flexibility index (Phi) is 4.96. The molecule has 4 nitrogen and oxygen atoms in total. The number of rotatable bonds is 3. The van der Waals surface area contributed by atoms with E-state index in [0.29, 0.717) is 0 Å². The summed E-state index contributed by atoms with van der Waals surface area (Å²) in [5.41, 5.74) is 2.13. The van der Waals surface area contributed by atoms with Crippen LogP contribution >= 0.6 is 15.9 Å². The molecule has 1 N–H and O–H groups in total. The van der Waals surface area contributed by atoms with Crippen LogP contribution in [0.5, 0.6) is 0 Å². The van der Waals surface area contributed by atoms with Crippen molar-refractivity contribution in [1.29, 1.82) is 0 Å². The number of esters is 1. The Morgan fingerprint density at radius 3 is 2.74 bits per heavy atom. The molecule has 0 saturated carbocycles. The first-order chi connectivity index (χ1) is 9.13. The summed E-state index contributed by atoms with van der Waals surface area (Å²) in [5, 5.41) is 3.30. The van der Waals surface area contributed by atoms with E-state index in [0.717, 1.165) is 41.8 Å². The Balaban J connectivity index is 2.36. The fourth-order valence-corrected chi connectivity index (χ4v) is 2.81. The van der Waals surface area contributed by atoms with Crippen molar-refractivity contribution in [2.24, 2.45) is 0 Å². The Hall–Kier alpha value is -0.910. The lowest BCUT2D eigenvalue weighted by Crippen LogP contribution is -2.47. The number of aryl methyl sites for hydroxylation is 1. The lowest BCUT2D eigenvalue weighted by molar-refractivity contribution is -0.147. The van der Waals surface area contributed by atoms with Gasteiger partial charge in [0, 0.05) is 30.7 Å². The predicted molar refractivity (Wildman–Crippen MR) is 78.1 cm³/mol. The fourth-order valence-electron chi connectivity index (χ4n) is 2.43. The van der Waals surface area contributed by atoms with Crippen LogP contribution in [-0.4, -0.2) is 44.2 Å². The molecule has 1 aliphatic rings. The number of carbonyl (C=O) groups excluding carboxylic acids is 1. The van der Waals surface area contributed by atoms with Gasteiger partial charge < -0.3 is 10.1 Å². The van der Waals surface area contributed by atoms with Gasteiger partial charge in [-0.2, -0.15) is 0 Å². The molecule has 2 rings (SSSR count). The van der Waals surface area contributed by atoms with Crippen LogP contribution in [0.4, 0.5) is 0 Å². The van der Waals surface area contributed by atoms with Gasteiger partial charge in [-0.1, -0.05) is 22.0 Å². The number of hydrogen-bond donors (Lipinski definition) is 1. The lowest BCUT2D eigenvalue weighted by atomic mass is 9.99. The Labute approximate surface area is 122 Å². The molecule has 0 spiro atoms. The molecule has 1 fully saturated rings. The molecule has 1 atom stereocenters. The van der Waals surface area contributed by atoms with E-state index in [4.69, 9.17) is 4.74 Å². The van der Waals surface area contributed by atoms with Crippen LogP contribution in [0.3, 0.4) is 0 Å². The maximum Gasteiger partial charge on any atom is 0.327 e. The minimum Gasteiger partial charge on any atom is -0.468 e. The standard InChI is InChI=1S/C14H19BrN2O2/c1-10-3-4-11(15)9-12(10)13(14(18)19-2)17-7-5-16-6-8-17/h3-4,9,13,16H,5-8H2,1-2H3. The smallest absolute Gasteiger partial charge is 0.327 e. The van der Waals surface area contributed by atoms with Gasteiger partial charge in [-0.05, 0) is 30.2 Å². The maximum atomic E-state index is 12.2. The zero-order valence-electron chi connectivity index (χ0n) is 11.3. The van der Waals surface area contributed by atoms with Crippen LogP contribution in [0, 0.1) is 6.92 Å². The third-order valence-electron chi connectivity index (χ3n) is 3.48. The van der Waals surface area contributed by atoms with Crippen LogP contribution in [0.25, 0.3) is 0 Å². The van der Waals surface area contributed by atoms with Gasteiger partial charge in [0.25, 0.3) is 0 Å². The number of nitrogens with zero attached hydrogens (tertiary/aromatic N) is 1. The number of nitrogens with one attached hydrogen (secondary N) is 1. The van der Waals surface area contributed by atoms with Crippen LogP contribution < -0.4 is 5.32 Å². The molecule has 1 heterocycles. The number of piperazine rings is 1. The zero-order valence-corrected chi connectivity index (χ0v) is 12.9. The average molecular weight is 327 g/mol. The number of methoxy groups -OCH3 is 1. The molecule has 1 aliphatic heterocycles. The molecule has 0 aliphatic carbocycles.